The maximum Gasteiger partial charge on any atom is 0.179 e. The fourth-order valence-corrected chi connectivity index (χ4v) is 3.53. The maximum atomic E-state index is 12.9. The van der Waals surface area contributed by atoms with E-state index in [9.17, 15) is 9.90 Å². The molecule has 3 rings (SSSR count). The Morgan fingerprint density at radius 1 is 1.26 bits per heavy atom. The SMILES string of the molecule is CC1(CO)C(=O)c2ccccc2OC1NCC1=CCC(C)(C(C)(C)C)C=C1. The van der Waals surface area contributed by atoms with Crippen molar-refractivity contribution in [2.24, 2.45) is 16.2 Å². The fraction of sp³-hybridized carbons (Fsp3) is 0.522. The second-order valence-electron chi connectivity index (χ2n) is 9.26. The van der Waals surface area contributed by atoms with Crippen molar-refractivity contribution in [3.8, 4) is 5.75 Å². The first-order valence-electron chi connectivity index (χ1n) is 9.64. The molecule has 0 radical (unpaired) electrons. The van der Waals surface area contributed by atoms with Crippen LogP contribution in [0.5, 0.6) is 5.75 Å². The summed E-state index contributed by atoms with van der Waals surface area (Å²) >= 11 is 0. The summed E-state index contributed by atoms with van der Waals surface area (Å²) < 4.78 is 6.05. The molecule has 0 bridgehead atoms. The van der Waals surface area contributed by atoms with Crippen molar-refractivity contribution in [2.75, 3.05) is 13.2 Å². The molecule has 146 valence electrons. The number of aliphatic hydroxyl groups is 1. The second-order valence-corrected chi connectivity index (χ2v) is 9.26. The molecule has 3 unspecified atom stereocenters. The Labute approximate surface area is 162 Å². The molecule has 0 amide bonds. The van der Waals surface area contributed by atoms with Gasteiger partial charge in [-0.2, -0.15) is 0 Å². The molecule has 1 aliphatic heterocycles. The molecular formula is C23H31NO3. The van der Waals surface area contributed by atoms with Crippen molar-refractivity contribution >= 4 is 5.78 Å². The van der Waals surface area contributed by atoms with E-state index in [0.29, 0.717) is 17.9 Å². The Kier molecular flexibility index (Phi) is 5.08. The predicted molar refractivity (Wildman–Crippen MR) is 108 cm³/mol. The summed E-state index contributed by atoms with van der Waals surface area (Å²) in [6, 6.07) is 7.22. The number of carbonyl (C=O) groups is 1. The molecule has 27 heavy (non-hydrogen) atoms. The molecule has 3 atom stereocenters. The van der Waals surface area contributed by atoms with Gasteiger partial charge in [0.1, 0.15) is 11.2 Å². The van der Waals surface area contributed by atoms with E-state index in [1.807, 2.05) is 12.1 Å². The van der Waals surface area contributed by atoms with E-state index in [1.165, 1.54) is 5.57 Å². The standard InChI is InChI=1S/C23H31NO3/c1-21(2,3)22(4)12-10-16(11-13-22)14-24-20-23(5,15-25)19(26)17-8-6-7-9-18(17)27-20/h6-12,20,24-25H,13-15H2,1-5H3. The van der Waals surface area contributed by atoms with Gasteiger partial charge in [-0.25, -0.2) is 0 Å². The predicted octanol–water partition coefficient (Wildman–Crippen LogP) is 4.11. The first kappa shape index (κ1) is 19.8. The van der Waals surface area contributed by atoms with Gasteiger partial charge in [0.2, 0.25) is 0 Å². The quantitative estimate of drug-likeness (QED) is 0.838. The lowest BCUT2D eigenvalue weighted by Crippen LogP contribution is -2.56. The Balaban J connectivity index is 1.73. The first-order chi connectivity index (χ1) is 12.6. The summed E-state index contributed by atoms with van der Waals surface area (Å²) in [5, 5.41) is 13.3. The van der Waals surface area contributed by atoms with Crippen molar-refractivity contribution in [3.63, 3.8) is 0 Å². The molecule has 1 heterocycles. The zero-order valence-corrected chi connectivity index (χ0v) is 17.0. The number of aliphatic hydroxyl groups excluding tert-OH is 1. The minimum atomic E-state index is -1.01. The summed E-state index contributed by atoms with van der Waals surface area (Å²) in [7, 11) is 0. The molecule has 1 aliphatic carbocycles. The number of ether oxygens (including phenoxy) is 1. The van der Waals surface area contributed by atoms with Gasteiger partial charge in [-0.05, 0) is 41.9 Å². The number of hydrogen-bond donors (Lipinski definition) is 2. The smallest absolute Gasteiger partial charge is 0.179 e. The summed E-state index contributed by atoms with van der Waals surface area (Å²) in [5.74, 6) is 0.484. The van der Waals surface area contributed by atoms with Gasteiger partial charge < -0.3 is 9.84 Å². The molecule has 0 aromatic heterocycles. The highest BCUT2D eigenvalue weighted by molar-refractivity contribution is 6.04. The van der Waals surface area contributed by atoms with Gasteiger partial charge in [0, 0.05) is 6.54 Å². The number of hydrogen-bond acceptors (Lipinski definition) is 4. The van der Waals surface area contributed by atoms with E-state index in [4.69, 9.17) is 4.74 Å². The molecule has 0 spiro atoms. The topological polar surface area (TPSA) is 58.6 Å². The van der Waals surface area contributed by atoms with Crippen LogP contribution in [0.4, 0.5) is 0 Å². The zero-order valence-electron chi connectivity index (χ0n) is 17.0. The lowest BCUT2D eigenvalue weighted by molar-refractivity contribution is -0.00693. The fourth-order valence-electron chi connectivity index (χ4n) is 3.53. The minimum Gasteiger partial charge on any atom is -0.473 e. The highest BCUT2D eigenvalue weighted by atomic mass is 16.5. The molecule has 0 saturated carbocycles. The summed E-state index contributed by atoms with van der Waals surface area (Å²) in [6.45, 7) is 11.2. The van der Waals surface area contributed by atoms with E-state index >= 15 is 0 Å². The average Bonchev–Trinajstić information content (AvgIpc) is 2.64. The van der Waals surface area contributed by atoms with Gasteiger partial charge in [0.15, 0.2) is 12.0 Å². The van der Waals surface area contributed by atoms with Crippen LogP contribution in [0.15, 0.2) is 48.1 Å². The number of ketones is 1. The third-order valence-electron chi connectivity index (χ3n) is 6.46. The number of para-hydroxylation sites is 1. The normalized spacial score (nSPS) is 30.5. The van der Waals surface area contributed by atoms with E-state index in [2.05, 4.69) is 51.2 Å². The first-order valence-corrected chi connectivity index (χ1v) is 9.64. The van der Waals surface area contributed by atoms with Crippen LogP contribution in [0.2, 0.25) is 0 Å². The third-order valence-corrected chi connectivity index (χ3v) is 6.46. The van der Waals surface area contributed by atoms with Gasteiger partial charge in [-0.15, -0.1) is 0 Å². The molecule has 1 aromatic carbocycles. The number of nitrogens with one attached hydrogen (secondary N) is 1. The van der Waals surface area contributed by atoms with Gasteiger partial charge in [0.25, 0.3) is 0 Å². The van der Waals surface area contributed by atoms with Crippen molar-refractivity contribution in [3.05, 3.63) is 53.6 Å². The lowest BCUT2D eigenvalue weighted by atomic mass is 9.64. The van der Waals surface area contributed by atoms with Crippen molar-refractivity contribution in [2.45, 2.75) is 47.3 Å². The van der Waals surface area contributed by atoms with Crippen LogP contribution in [0, 0.1) is 16.2 Å². The number of Topliss-reactive ketones (excluding diaryl/α,β-unsaturated/α-hetero) is 1. The van der Waals surface area contributed by atoms with E-state index < -0.39 is 11.6 Å². The molecule has 1 aromatic rings. The van der Waals surface area contributed by atoms with Crippen molar-refractivity contribution in [1.82, 2.24) is 5.32 Å². The Morgan fingerprint density at radius 2 is 1.96 bits per heavy atom. The van der Waals surface area contributed by atoms with Crippen LogP contribution in [0.25, 0.3) is 0 Å². The monoisotopic (exact) mass is 369 g/mol. The molecule has 4 nitrogen and oxygen atoms in total. The molecule has 2 N–H and O–H groups in total. The van der Waals surface area contributed by atoms with Crippen molar-refractivity contribution in [1.29, 1.82) is 0 Å². The molecular weight excluding hydrogens is 338 g/mol. The second kappa shape index (κ2) is 6.92. The average molecular weight is 370 g/mol. The van der Waals surface area contributed by atoms with Gasteiger partial charge in [-0.3, -0.25) is 10.1 Å². The van der Waals surface area contributed by atoms with E-state index in [-0.39, 0.29) is 23.2 Å². The summed E-state index contributed by atoms with van der Waals surface area (Å²) in [5.41, 5.74) is 1.02. The number of benzene rings is 1. The Bertz CT molecular complexity index is 789. The maximum absolute atomic E-state index is 12.9. The number of allylic oxidation sites excluding steroid dienone is 2. The largest absolute Gasteiger partial charge is 0.473 e. The Morgan fingerprint density at radius 3 is 2.56 bits per heavy atom. The third kappa shape index (κ3) is 3.48. The minimum absolute atomic E-state index is 0.0853. The number of carbonyl (C=O) groups excluding carboxylic acids is 1. The van der Waals surface area contributed by atoms with E-state index in [1.54, 1.807) is 19.1 Å². The highest BCUT2D eigenvalue weighted by Gasteiger charge is 2.47. The number of fused-ring (bicyclic) bond motifs is 1. The molecule has 2 aliphatic rings. The van der Waals surface area contributed by atoms with Crippen LogP contribution >= 0.6 is 0 Å². The van der Waals surface area contributed by atoms with Crippen LogP contribution in [-0.2, 0) is 0 Å². The van der Waals surface area contributed by atoms with Crippen LogP contribution < -0.4 is 10.1 Å². The van der Waals surface area contributed by atoms with Crippen LogP contribution in [0.1, 0.15) is 51.4 Å². The zero-order chi connectivity index (χ0) is 19.9. The highest BCUT2D eigenvalue weighted by Crippen LogP contribution is 2.45. The summed E-state index contributed by atoms with van der Waals surface area (Å²) in [4.78, 5) is 12.9. The van der Waals surface area contributed by atoms with Crippen molar-refractivity contribution < 1.29 is 14.6 Å². The van der Waals surface area contributed by atoms with Gasteiger partial charge in [0.05, 0.1) is 12.2 Å². The molecule has 0 fully saturated rings. The Hall–Kier alpha value is -1.91. The number of rotatable bonds is 4. The van der Waals surface area contributed by atoms with Gasteiger partial charge in [-0.1, -0.05) is 58.1 Å². The molecule has 4 heteroatoms. The molecule has 0 saturated heterocycles. The van der Waals surface area contributed by atoms with Crippen LogP contribution in [-0.4, -0.2) is 30.3 Å². The lowest BCUT2D eigenvalue weighted by Gasteiger charge is -2.42. The van der Waals surface area contributed by atoms with E-state index in [0.717, 1.165) is 6.42 Å². The van der Waals surface area contributed by atoms with Crippen LogP contribution in [0.3, 0.4) is 0 Å². The summed E-state index contributed by atoms with van der Waals surface area (Å²) in [6.07, 6.45) is 7.12. The van der Waals surface area contributed by atoms with Gasteiger partial charge >= 0.3 is 0 Å².